The van der Waals surface area contributed by atoms with Crippen molar-refractivity contribution in [3.8, 4) is 6.07 Å². The van der Waals surface area contributed by atoms with Crippen LogP contribution in [0, 0.1) is 23.2 Å². The van der Waals surface area contributed by atoms with E-state index >= 15 is 0 Å². The Morgan fingerprint density at radius 3 is 2.22 bits per heavy atom. The highest BCUT2D eigenvalue weighted by Crippen LogP contribution is 2.34. The third-order valence-electron chi connectivity index (χ3n) is 6.08. The highest BCUT2D eigenvalue weighted by Gasteiger charge is 2.39. The quantitative estimate of drug-likeness (QED) is 0.626. The number of anilines is 2. The van der Waals surface area contributed by atoms with Crippen molar-refractivity contribution in [1.29, 1.82) is 5.26 Å². The Balaban J connectivity index is 1.46. The number of fused-ring (bicyclic) bond motifs is 1. The predicted molar refractivity (Wildman–Crippen MR) is 113 cm³/mol. The molecule has 0 radical (unpaired) electrons. The minimum atomic E-state index is 0.688. The molecule has 3 rings (SSSR count). The van der Waals surface area contributed by atoms with Crippen molar-refractivity contribution in [2.75, 3.05) is 76.8 Å². The minimum absolute atomic E-state index is 0.688. The van der Waals surface area contributed by atoms with Gasteiger partial charge in [-0.2, -0.15) is 5.26 Å². The van der Waals surface area contributed by atoms with Crippen LogP contribution in [0.15, 0.2) is 24.3 Å². The van der Waals surface area contributed by atoms with Crippen LogP contribution in [0.2, 0.25) is 0 Å². The molecule has 0 saturated carbocycles. The van der Waals surface area contributed by atoms with Crippen LogP contribution >= 0.6 is 0 Å². The lowest BCUT2D eigenvalue weighted by atomic mass is 10.0. The fraction of sp³-hybridized carbons (Fsp3) is 0.682. The van der Waals surface area contributed by atoms with Crippen LogP contribution in [-0.2, 0) is 0 Å². The summed E-state index contributed by atoms with van der Waals surface area (Å²) in [5.41, 5.74) is 2.67. The van der Waals surface area contributed by atoms with E-state index in [2.05, 4.69) is 71.1 Å². The molecule has 2 aliphatic heterocycles. The first-order valence-corrected chi connectivity index (χ1v) is 10.4. The number of unbranched alkanes of at least 4 members (excludes halogenated alkanes) is 1. The van der Waals surface area contributed by atoms with Gasteiger partial charge in [-0.25, -0.2) is 0 Å². The molecule has 2 unspecified atom stereocenters. The van der Waals surface area contributed by atoms with Gasteiger partial charge in [0, 0.05) is 57.6 Å². The van der Waals surface area contributed by atoms with E-state index in [0.29, 0.717) is 6.42 Å². The summed E-state index contributed by atoms with van der Waals surface area (Å²) >= 11 is 0. The zero-order valence-corrected chi connectivity index (χ0v) is 17.3. The van der Waals surface area contributed by atoms with Gasteiger partial charge < -0.3 is 19.6 Å². The molecule has 148 valence electrons. The van der Waals surface area contributed by atoms with Crippen molar-refractivity contribution in [1.82, 2.24) is 9.80 Å². The van der Waals surface area contributed by atoms with Crippen LogP contribution in [0.4, 0.5) is 11.4 Å². The van der Waals surface area contributed by atoms with Crippen LogP contribution in [0.25, 0.3) is 0 Å². The smallest absolute Gasteiger partial charge is 0.0622 e. The van der Waals surface area contributed by atoms with Gasteiger partial charge in [0.15, 0.2) is 0 Å². The van der Waals surface area contributed by atoms with Crippen molar-refractivity contribution >= 4 is 11.4 Å². The first-order valence-electron chi connectivity index (χ1n) is 10.4. The Kier molecular flexibility index (Phi) is 6.98. The summed E-state index contributed by atoms with van der Waals surface area (Å²) in [5.74, 6) is 1.58. The zero-order valence-electron chi connectivity index (χ0n) is 17.3. The highest BCUT2D eigenvalue weighted by molar-refractivity contribution is 5.56. The summed E-state index contributed by atoms with van der Waals surface area (Å²) in [7, 11) is 6.45. The molecule has 2 atom stereocenters. The van der Waals surface area contributed by atoms with E-state index in [0.717, 1.165) is 37.9 Å². The molecule has 0 aliphatic carbocycles. The van der Waals surface area contributed by atoms with E-state index in [1.807, 2.05) is 0 Å². The van der Waals surface area contributed by atoms with Gasteiger partial charge in [0.05, 0.1) is 6.07 Å². The van der Waals surface area contributed by atoms with Gasteiger partial charge in [-0.05, 0) is 76.1 Å². The number of nitriles is 1. The van der Waals surface area contributed by atoms with E-state index in [-0.39, 0.29) is 0 Å². The second-order valence-electron chi connectivity index (χ2n) is 8.54. The zero-order chi connectivity index (χ0) is 19.2. The Morgan fingerprint density at radius 1 is 0.963 bits per heavy atom. The summed E-state index contributed by atoms with van der Waals surface area (Å²) in [6.45, 7) is 8.09. The molecular formula is C22H35N5. The maximum atomic E-state index is 8.70. The highest BCUT2D eigenvalue weighted by atomic mass is 15.2. The first-order chi connectivity index (χ1) is 13.1. The Morgan fingerprint density at radius 2 is 1.63 bits per heavy atom. The van der Waals surface area contributed by atoms with Crippen LogP contribution in [0.1, 0.15) is 19.3 Å². The third kappa shape index (κ3) is 5.37. The number of hydrogen-bond acceptors (Lipinski definition) is 5. The third-order valence-corrected chi connectivity index (χ3v) is 6.08. The van der Waals surface area contributed by atoms with Gasteiger partial charge in [-0.3, -0.25) is 0 Å². The van der Waals surface area contributed by atoms with E-state index < -0.39 is 0 Å². The van der Waals surface area contributed by atoms with Gasteiger partial charge in [0.1, 0.15) is 0 Å². The first kappa shape index (κ1) is 20.0. The van der Waals surface area contributed by atoms with Crippen molar-refractivity contribution in [3.05, 3.63) is 24.3 Å². The summed E-state index contributed by atoms with van der Waals surface area (Å²) in [4.78, 5) is 9.73. The maximum Gasteiger partial charge on any atom is 0.0622 e. The number of benzene rings is 1. The van der Waals surface area contributed by atoms with Gasteiger partial charge in [0.2, 0.25) is 0 Å². The molecule has 0 amide bonds. The van der Waals surface area contributed by atoms with E-state index in [1.54, 1.807) is 0 Å². The SMILES string of the molecule is CN(C)CCCN(C)c1ccc(N2CC3CN(CCCC#N)CC3C2)cc1. The van der Waals surface area contributed by atoms with E-state index in [9.17, 15) is 0 Å². The molecule has 5 heteroatoms. The van der Waals surface area contributed by atoms with Gasteiger partial charge in [-0.1, -0.05) is 0 Å². The topological polar surface area (TPSA) is 36.8 Å². The minimum Gasteiger partial charge on any atom is -0.375 e. The van der Waals surface area contributed by atoms with Gasteiger partial charge in [0.25, 0.3) is 0 Å². The predicted octanol–water partition coefficient (Wildman–Crippen LogP) is 2.75. The molecule has 5 nitrogen and oxygen atoms in total. The maximum absolute atomic E-state index is 8.70. The molecule has 27 heavy (non-hydrogen) atoms. The van der Waals surface area contributed by atoms with Gasteiger partial charge in [-0.15, -0.1) is 0 Å². The van der Waals surface area contributed by atoms with Crippen molar-refractivity contribution in [2.45, 2.75) is 19.3 Å². The fourth-order valence-electron chi connectivity index (χ4n) is 4.54. The molecule has 1 aromatic carbocycles. The second-order valence-corrected chi connectivity index (χ2v) is 8.54. The normalized spacial score (nSPS) is 22.3. The fourth-order valence-corrected chi connectivity index (χ4v) is 4.54. The van der Waals surface area contributed by atoms with Crippen LogP contribution < -0.4 is 9.80 Å². The van der Waals surface area contributed by atoms with Crippen LogP contribution in [0.3, 0.4) is 0 Å². The van der Waals surface area contributed by atoms with Crippen molar-refractivity contribution in [3.63, 3.8) is 0 Å². The molecule has 2 aliphatic rings. The van der Waals surface area contributed by atoms with Crippen LogP contribution in [-0.4, -0.2) is 76.8 Å². The number of nitrogens with zero attached hydrogens (tertiary/aromatic N) is 5. The second kappa shape index (κ2) is 9.43. The summed E-state index contributed by atoms with van der Waals surface area (Å²) < 4.78 is 0. The standard InChI is InChI=1S/C22H35N5/c1-24(2)12-6-13-25(3)21-7-9-22(10-8-21)27-17-19-15-26(14-5-4-11-23)16-20(19)18-27/h7-10,19-20H,4-6,12-18H2,1-3H3. The van der Waals surface area contributed by atoms with E-state index in [1.165, 1.54) is 44.0 Å². The Labute approximate surface area is 165 Å². The molecule has 0 N–H and O–H groups in total. The monoisotopic (exact) mass is 369 g/mol. The molecule has 0 spiro atoms. The van der Waals surface area contributed by atoms with Gasteiger partial charge >= 0.3 is 0 Å². The lowest BCUT2D eigenvalue weighted by Crippen LogP contribution is -2.29. The molecule has 2 saturated heterocycles. The summed E-state index contributed by atoms with van der Waals surface area (Å²) in [6.07, 6.45) is 2.89. The number of likely N-dealkylation sites (tertiary alicyclic amines) is 1. The average molecular weight is 370 g/mol. The average Bonchev–Trinajstić information content (AvgIpc) is 3.20. The molecule has 1 aromatic rings. The van der Waals surface area contributed by atoms with E-state index in [4.69, 9.17) is 5.26 Å². The summed E-state index contributed by atoms with van der Waals surface area (Å²) in [5, 5.41) is 8.70. The largest absolute Gasteiger partial charge is 0.375 e. The number of hydrogen-bond donors (Lipinski definition) is 0. The summed E-state index contributed by atoms with van der Waals surface area (Å²) in [6, 6.07) is 11.4. The molecule has 0 aromatic heterocycles. The Hall–Kier alpha value is -1.77. The van der Waals surface area contributed by atoms with Crippen molar-refractivity contribution in [2.24, 2.45) is 11.8 Å². The number of rotatable bonds is 9. The molecule has 2 fully saturated rings. The molecule has 0 bridgehead atoms. The molecular weight excluding hydrogens is 334 g/mol. The lowest BCUT2D eigenvalue weighted by molar-refractivity contribution is 0.313. The molecule has 2 heterocycles. The Bertz CT molecular complexity index is 607. The van der Waals surface area contributed by atoms with Crippen molar-refractivity contribution < 1.29 is 0 Å². The lowest BCUT2D eigenvalue weighted by Gasteiger charge is -2.24. The van der Waals surface area contributed by atoms with Crippen LogP contribution in [0.5, 0.6) is 0 Å².